The molecule has 1 aromatic heterocycles. The molecule has 2 atom stereocenters. The van der Waals surface area contributed by atoms with Gasteiger partial charge in [-0.2, -0.15) is 5.26 Å². The molecule has 0 spiro atoms. The Morgan fingerprint density at radius 1 is 1.35 bits per heavy atom. The van der Waals surface area contributed by atoms with Crippen LogP contribution in [-0.2, 0) is 4.74 Å². The van der Waals surface area contributed by atoms with E-state index in [0.29, 0.717) is 17.9 Å². The molecule has 1 aliphatic rings. The minimum absolute atomic E-state index is 0.291. The molecule has 108 valence electrons. The van der Waals surface area contributed by atoms with Crippen LogP contribution in [0.25, 0.3) is 0 Å². The fraction of sp³-hybridized carbons (Fsp3) is 0.643. The number of anilines is 1. The number of nitriles is 1. The van der Waals surface area contributed by atoms with Crippen molar-refractivity contribution in [2.75, 3.05) is 38.1 Å². The van der Waals surface area contributed by atoms with Gasteiger partial charge in [0.2, 0.25) is 0 Å². The molecule has 1 saturated heterocycles. The maximum atomic E-state index is 8.71. The molecule has 2 rings (SSSR count). The number of aromatic nitrogens is 2. The van der Waals surface area contributed by atoms with Crippen LogP contribution in [0.2, 0.25) is 0 Å². The summed E-state index contributed by atoms with van der Waals surface area (Å²) in [5.41, 5.74) is 0.345. The molecule has 6 nitrogen and oxygen atoms in total. The minimum atomic E-state index is 0.291. The summed E-state index contributed by atoms with van der Waals surface area (Å²) >= 11 is 0. The van der Waals surface area contributed by atoms with Gasteiger partial charge in [0.1, 0.15) is 6.07 Å². The van der Waals surface area contributed by atoms with Gasteiger partial charge in [-0.25, -0.2) is 0 Å². The summed E-state index contributed by atoms with van der Waals surface area (Å²) in [6, 6.07) is 5.49. The Hall–Kier alpha value is -1.71. The lowest BCUT2D eigenvalue weighted by atomic mass is 10.2. The lowest BCUT2D eigenvalue weighted by molar-refractivity contribution is -0.0670. The first-order valence-corrected chi connectivity index (χ1v) is 6.91. The Morgan fingerprint density at radius 3 is 2.60 bits per heavy atom. The number of hydrogen-bond acceptors (Lipinski definition) is 6. The van der Waals surface area contributed by atoms with Gasteiger partial charge in [0.05, 0.1) is 12.2 Å². The fourth-order valence-electron chi connectivity index (χ4n) is 2.46. The van der Waals surface area contributed by atoms with E-state index in [2.05, 4.69) is 33.8 Å². The standard InChI is InChI=1S/C14H21N5O/c1-11-9-19(10-12(2)20-11)7-6-18(3)14-5-4-13(8-15)16-17-14/h4-5,11-12H,6-7,9-10H2,1-3H3/t11-,12+. The predicted octanol–water partition coefficient (Wildman–Crippen LogP) is 0.894. The third kappa shape index (κ3) is 3.89. The maximum absolute atomic E-state index is 8.71. The lowest BCUT2D eigenvalue weighted by Crippen LogP contribution is -2.47. The third-order valence-corrected chi connectivity index (χ3v) is 3.40. The summed E-state index contributed by atoms with van der Waals surface area (Å²) < 4.78 is 5.73. The molecule has 0 bridgehead atoms. The van der Waals surface area contributed by atoms with Crippen LogP contribution in [0.15, 0.2) is 12.1 Å². The van der Waals surface area contributed by atoms with Crippen molar-refractivity contribution < 1.29 is 4.74 Å². The van der Waals surface area contributed by atoms with Gasteiger partial charge in [-0.1, -0.05) is 0 Å². The second kappa shape index (κ2) is 6.64. The zero-order valence-electron chi connectivity index (χ0n) is 12.3. The molecule has 1 aromatic rings. The molecule has 2 heterocycles. The maximum Gasteiger partial charge on any atom is 0.163 e. The van der Waals surface area contributed by atoms with E-state index in [9.17, 15) is 0 Å². The molecule has 1 fully saturated rings. The number of hydrogen-bond donors (Lipinski definition) is 0. The van der Waals surface area contributed by atoms with Crippen molar-refractivity contribution in [3.63, 3.8) is 0 Å². The fourth-order valence-corrected chi connectivity index (χ4v) is 2.46. The highest BCUT2D eigenvalue weighted by atomic mass is 16.5. The predicted molar refractivity (Wildman–Crippen MR) is 76.5 cm³/mol. The molecular formula is C14H21N5O. The van der Waals surface area contributed by atoms with Gasteiger partial charge < -0.3 is 9.64 Å². The Labute approximate surface area is 120 Å². The SMILES string of the molecule is C[C@@H]1CN(CCN(C)c2ccc(C#N)nn2)C[C@H](C)O1. The Morgan fingerprint density at radius 2 is 2.05 bits per heavy atom. The molecule has 0 N–H and O–H groups in total. The van der Waals surface area contributed by atoms with Crippen molar-refractivity contribution in [1.29, 1.82) is 5.26 Å². The summed E-state index contributed by atoms with van der Waals surface area (Å²) in [6.45, 7) is 8.00. The van der Waals surface area contributed by atoms with Gasteiger partial charge in [-0.15, -0.1) is 10.2 Å². The minimum Gasteiger partial charge on any atom is -0.373 e. The van der Waals surface area contributed by atoms with Gasteiger partial charge >= 0.3 is 0 Å². The molecule has 0 amide bonds. The van der Waals surface area contributed by atoms with E-state index >= 15 is 0 Å². The summed E-state index contributed by atoms with van der Waals surface area (Å²) in [4.78, 5) is 4.46. The van der Waals surface area contributed by atoms with E-state index < -0.39 is 0 Å². The van der Waals surface area contributed by atoms with E-state index in [1.165, 1.54) is 0 Å². The third-order valence-electron chi connectivity index (χ3n) is 3.40. The lowest BCUT2D eigenvalue weighted by Gasteiger charge is -2.36. The normalized spacial score (nSPS) is 23.3. The van der Waals surface area contributed by atoms with Crippen LogP contribution >= 0.6 is 0 Å². The van der Waals surface area contributed by atoms with Crippen LogP contribution in [0.5, 0.6) is 0 Å². The van der Waals surface area contributed by atoms with Gasteiger partial charge in [0.25, 0.3) is 0 Å². The highest BCUT2D eigenvalue weighted by Gasteiger charge is 2.22. The van der Waals surface area contributed by atoms with Crippen molar-refractivity contribution in [2.45, 2.75) is 26.1 Å². The molecule has 0 saturated carbocycles. The molecule has 0 radical (unpaired) electrons. The van der Waals surface area contributed by atoms with Crippen molar-refractivity contribution in [3.8, 4) is 6.07 Å². The molecule has 0 aromatic carbocycles. The highest BCUT2D eigenvalue weighted by molar-refractivity contribution is 5.37. The van der Waals surface area contributed by atoms with Crippen molar-refractivity contribution in [1.82, 2.24) is 15.1 Å². The molecule has 0 unspecified atom stereocenters. The number of rotatable bonds is 4. The van der Waals surface area contributed by atoms with Crippen molar-refractivity contribution >= 4 is 5.82 Å². The van der Waals surface area contributed by atoms with Crippen LogP contribution in [0.3, 0.4) is 0 Å². The van der Waals surface area contributed by atoms with Crippen LogP contribution < -0.4 is 4.90 Å². The van der Waals surface area contributed by atoms with Crippen molar-refractivity contribution in [3.05, 3.63) is 17.8 Å². The Kier molecular flexibility index (Phi) is 4.88. The molecule has 1 aliphatic heterocycles. The first-order chi connectivity index (χ1) is 9.58. The largest absolute Gasteiger partial charge is 0.373 e. The number of likely N-dealkylation sites (N-methyl/N-ethyl adjacent to an activating group) is 1. The van der Waals surface area contributed by atoms with E-state index in [-0.39, 0.29) is 0 Å². The summed E-state index contributed by atoms with van der Waals surface area (Å²) in [5, 5.41) is 16.6. The second-order valence-electron chi connectivity index (χ2n) is 5.33. The Balaban J connectivity index is 1.85. The van der Waals surface area contributed by atoms with Crippen molar-refractivity contribution in [2.24, 2.45) is 0 Å². The van der Waals surface area contributed by atoms with Gasteiger partial charge in [0.15, 0.2) is 11.5 Å². The molecule has 20 heavy (non-hydrogen) atoms. The Bertz CT molecular complexity index is 459. The van der Waals surface area contributed by atoms with E-state index in [4.69, 9.17) is 10.00 Å². The second-order valence-corrected chi connectivity index (χ2v) is 5.33. The first-order valence-electron chi connectivity index (χ1n) is 6.91. The number of ether oxygens (including phenoxy) is 1. The van der Waals surface area contributed by atoms with Crippen LogP contribution in [-0.4, -0.2) is 60.5 Å². The van der Waals surface area contributed by atoms with E-state index in [1.54, 1.807) is 6.07 Å². The van der Waals surface area contributed by atoms with E-state index in [1.807, 2.05) is 19.2 Å². The monoisotopic (exact) mass is 275 g/mol. The molecule has 0 aliphatic carbocycles. The smallest absolute Gasteiger partial charge is 0.163 e. The zero-order chi connectivity index (χ0) is 14.5. The average molecular weight is 275 g/mol. The topological polar surface area (TPSA) is 65.3 Å². The number of morpholine rings is 1. The highest BCUT2D eigenvalue weighted by Crippen LogP contribution is 2.11. The summed E-state index contributed by atoms with van der Waals surface area (Å²) in [6.07, 6.45) is 0.581. The quantitative estimate of drug-likeness (QED) is 0.813. The first kappa shape index (κ1) is 14.7. The summed E-state index contributed by atoms with van der Waals surface area (Å²) in [7, 11) is 1.99. The van der Waals surface area contributed by atoms with Crippen LogP contribution in [0.4, 0.5) is 5.82 Å². The zero-order valence-corrected chi connectivity index (χ0v) is 12.3. The number of nitrogens with zero attached hydrogens (tertiary/aromatic N) is 5. The van der Waals surface area contributed by atoms with Gasteiger partial charge in [-0.05, 0) is 26.0 Å². The van der Waals surface area contributed by atoms with Crippen LogP contribution in [0.1, 0.15) is 19.5 Å². The average Bonchev–Trinajstić information content (AvgIpc) is 2.44. The van der Waals surface area contributed by atoms with Gasteiger partial charge in [0, 0.05) is 33.2 Å². The molecular weight excluding hydrogens is 254 g/mol. The van der Waals surface area contributed by atoms with Gasteiger partial charge in [-0.3, -0.25) is 4.90 Å². The molecule has 6 heteroatoms. The van der Waals surface area contributed by atoms with Crippen LogP contribution in [0, 0.1) is 11.3 Å². The summed E-state index contributed by atoms with van der Waals surface area (Å²) in [5.74, 6) is 0.790. The van der Waals surface area contributed by atoms with E-state index in [0.717, 1.165) is 32.0 Å².